The Labute approximate surface area is 104 Å². The van der Waals surface area contributed by atoms with E-state index in [-0.39, 0.29) is 11.7 Å². The largest absolute Gasteiger partial charge is 0.330 e. The lowest BCUT2D eigenvalue weighted by molar-refractivity contribution is 0.0917. The van der Waals surface area contributed by atoms with Gasteiger partial charge in [0.15, 0.2) is 5.78 Å². The van der Waals surface area contributed by atoms with Crippen LogP contribution in [-0.2, 0) is 0 Å². The zero-order chi connectivity index (χ0) is 13.0. The zero-order valence-electron chi connectivity index (χ0n) is 11.3. The number of benzene rings is 1. The van der Waals surface area contributed by atoms with Crippen LogP contribution < -0.4 is 5.73 Å². The van der Waals surface area contributed by atoms with Crippen LogP contribution in [0.15, 0.2) is 12.1 Å². The first-order chi connectivity index (χ1) is 8.01. The van der Waals surface area contributed by atoms with Crippen LogP contribution in [0.25, 0.3) is 0 Å². The molecule has 0 aromatic heterocycles. The van der Waals surface area contributed by atoms with E-state index >= 15 is 0 Å². The van der Waals surface area contributed by atoms with E-state index in [0.29, 0.717) is 6.54 Å². The summed E-state index contributed by atoms with van der Waals surface area (Å²) >= 11 is 0. The molecule has 1 aromatic rings. The Morgan fingerprint density at radius 3 is 2.29 bits per heavy atom. The summed E-state index contributed by atoms with van der Waals surface area (Å²) in [5.41, 5.74) is 10.0. The van der Waals surface area contributed by atoms with Gasteiger partial charge in [-0.3, -0.25) is 4.79 Å². The maximum Gasteiger partial charge on any atom is 0.167 e. The van der Waals surface area contributed by atoms with Gasteiger partial charge in [0.2, 0.25) is 0 Å². The van der Waals surface area contributed by atoms with Gasteiger partial charge in [0, 0.05) is 18.0 Å². The molecule has 2 heteroatoms. The molecule has 94 valence electrons. The van der Waals surface area contributed by atoms with Crippen LogP contribution in [0.2, 0.25) is 0 Å². The minimum absolute atomic E-state index is 0.0270. The molecular weight excluding hydrogens is 210 g/mol. The average Bonchev–Trinajstić information content (AvgIpc) is 2.30. The molecule has 1 aromatic carbocycles. The van der Waals surface area contributed by atoms with Gasteiger partial charge in [-0.2, -0.15) is 0 Å². The summed E-state index contributed by atoms with van der Waals surface area (Å²) in [7, 11) is 0. The van der Waals surface area contributed by atoms with Crippen LogP contribution in [0, 0.1) is 26.7 Å². The molecule has 0 spiro atoms. The molecule has 17 heavy (non-hydrogen) atoms. The summed E-state index contributed by atoms with van der Waals surface area (Å²) in [6, 6.07) is 4.09. The summed E-state index contributed by atoms with van der Waals surface area (Å²) in [6.07, 6.45) is 1.87. The highest BCUT2D eigenvalue weighted by Crippen LogP contribution is 2.20. The first-order valence-electron chi connectivity index (χ1n) is 6.33. The molecular formula is C15H23NO. The van der Waals surface area contributed by atoms with E-state index in [0.717, 1.165) is 24.0 Å². The highest BCUT2D eigenvalue weighted by atomic mass is 16.1. The molecule has 0 saturated carbocycles. The Morgan fingerprint density at radius 2 is 1.76 bits per heavy atom. The molecule has 0 aliphatic rings. The van der Waals surface area contributed by atoms with Crippen LogP contribution in [0.1, 0.15) is 46.8 Å². The fourth-order valence-corrected chi connectivity index (χ4v) is 2.15. The second kappa shape index (κ2) is 5.97. The number of hydrogen-bond acceptors (Lipinski definition) is 2. The predicted molar refractivity (Wildman–Crippen MR) is 72.4 cm³/mol. The Hall–Kier alpha value is -1.15. The van der Waals surface area contributed by atoms with Crippen molar-refractivity contribution in [3.05, 3.63) is 34.4 Å². The summed E-state index contributed by atoms with van der Waals surface area (Å²) in [4.78, 5) is 12.4. The molecule has 2 nitrogen and oxygen atoms in total. The molecule has 0 amide bonds. The van der Waals surface area contributed by atoms with Gasteiger partial charge in [-0.25, -0.2) is 0 Å². The monoisotopic (exact) mass is 233 g/mol. The number of carbonyl (C=O) groups is 1. The summed E-state index contributed by atoms with van der Waals surface area (Å²) in [5.74, 6) is 0.177. The smallest absolute Gasteiger partial charge is 0.167 e. The number of ketones is 1. The number of aryl methyl sites for hydroxylation is 3. The highest BCUT2D eigenvalue weighted by Gasteiger charge is 2.19. The molecule has 0 bridgehead atoms. The van der Waals surface area contributed by atoms with E-state index in [9.17, 15) is 4.79 Å². The topological polar surface area (TPSA) is 43.1 Å². The first kappa shape index (κ1) is 13.9. The van der Waals surface area contributed by atoms with Gasteiger partial charge < -0.3 is 5.73 Å². The van der Waals surface area contributed by atoms with Gasteiger partial charge >= 0.3 is 0 Å². The lowest BCUT2D eigenvalue weighted by Gasteiger charge is -2.15. The number of hydrogen-bond donors (Lipinski definition) is 1. The number of rotatable bonds is 5. The highest BCUT2D eigenvalue weighted by molar-refractivity contribution is 5.99. The van der Waals surface area contributed by atoms with Gasteiger partial charge in [0.05, 0.1) is 0 Å². The van der Waals surface area contributed by atoms with Gasteiger partial charge in [0.1, 0.15) is 0 Å². The Balaban J connectivity index is 3.07. The minimum atomic E-state index is -0.0270. The molecule has 0 aliphatic carbocycles. The van der Waals surface area contributed by atoms with Crippen molar-refractivity contribution in [3.63, 3.8) is 0 Å². The Bertz CT molecular complexity index is 410. The molecule has 0 heterocycles. The lowest BCUT2D eigenvalue weighted by Crippen LogP contribution is -2.24. The first-order valence-corrected chi connectivity index (χ1v) is 6.33. The quantitative estimate of drug-likeness (QED) is 0.794. The van der Waals surface area contributed by atoms with Crippen molar-refractivity contribution in [3.8, 4) is 0 Å². The van der Waals surface area contributed by atoms with Gasteiger partial charge in [-0.15, -0.1) is 0 Å². The fourth-order valence-electron chi connectivity index (χ4n) is 2.15. The normalized spacial score (nSPS) is 12.5. The van der Waals surface area contributed by atoms with Crippen molar-refractivity contribution < 1.29 is 4.79 Å². The molecule has 1 unspecified atom stereocenters. The maximum atomic E-state index is 12.4. The van der Waals surface area contributed by atoms with Crippen LogP contribution in [0.5, 0.6) is 0 Å². The third-order valence-corrected chi connectivity index (χ3v) is 3.40. The fraction of sp³-hybridized carbons (Fsp3) is 0.533. The number of nitrogens with two attached hydrogens (primary N) is 1. The van der Waals surface area contributed by atoms with Crippen molar-refractivity contribution in [2.45, 2.75) is 40.5 Å². The molecule has 2 N–H and O–H groups in total. The van der Waals surface area contributed by atoms with E-state index in [1.54, 1.807) is 0 Å². The van der Waals surface area contributed by atoms with E-state index in [1.165, 1.54) is 11.1 Å². The van der Waals surface area contributed by atoms with Gasteiger partial charge in [0.25, 0.3) is 0 Å². The maximum absolute atomic E-state index is 12.4. The second-order valence-electron chi connectivity index (χ2n) is 4.84. The van der Waals surface area contributed by atoms with Crippen molar-refractivity contribution >= 4 is 5.78 Å². The number of Topliss-reactive ketones (excluding diaryl/α,β-unsaturated/α-hetero) is 1. The van der Waals surface area contributed by atoms with Crippen LogP contribution >= 0.6 is 0 Å². The molecule has 1 atom stereocenters. The summed E-state index contributed by atoms with van der Waals surface area (Å²) in [6.45, 7) is 8.65. The predicted octanol–water partition coefficient (Wildman–Crippen LogP) is 3.17. The third kappa shape index (κ3) is 3.16. The van der Waals surface area contributed by atoms with Gasteiger partial charge in [-0.05, 0) is 49.9 Å². The van der Waals surface area contributed by atoms with Crippen molar-refractivity contribution in [2.75, 3.05) is 6.54 Å². The Kier molecular flexibility index (Phi) is 4.88. The van der Waals surface area contributed by atoms with Crippen LogP contribution in [-0.4, -0.2) is 12.3 Å². The van der Waals surface area contributed by atoms with Crippen molar-refractivity contribution in [1.82, 2.24) is 0 Å². The molecule has 0 radical (unpaired) electrons. The minimum Gasteiger partial charge on any atom is -0.330 e. The lowest BCUT2D eigenvalue weighted by atomic mass is 9.89. The molecule has 0 aliphatic heterocycles. The van der Waals surface area contributed by atoms with E-state index in [1.807, 2.05) is 19.9 Å². The Morgan fingerprint density at radius 1 is 1.18 bits per heavy atom. The standard InChI is InChI=1S/C15H23NO/c1-5-6-13(9-16)15(17)14-8-11(3)10(2)7-12(14)4/h7-8,13H,5-6,9,16H2,1-4H3. The summed E-state index contributed by atoms with van der Waals surface area (Å²) < 4.78 is 0. The van der Waals surface area contributed by atoms with Crippen molar-refractivity contribution in [1.29, 1.82) is 0 Å². The van der Waals surface area contributed by atoms with E-state index in [4.69, 9.17) is 5.73 Å². The van der Waals surface area contributed by atoms with Crippen molar-refractivity contribution in [2.24, 2.45) is 11.7 Å². The van der Waals surface area contributed by atoms with E-state index < -0.39 is 0 Å². The average molecular weight is 233 g/mol. The third-order valence-electron chi connectivity index (χ3n) is 3.40. The van der Waals surface area contributed by atoms with Gasteiger partial charge in [-0.1, -0.05) is 19.4 Å². The van der Waals surface area contributed by atoms with Crippen LogP contribution in [0.3, 0.4) is 0 Å². The number of carbonyl (C=O) groups excluding carboxylic acids is 1. The van der Waals surface area contributed by atoms with E-state index in [2.05, 4.69) is 19.9 Å². The zero-order valence-corrected chi connectivity index (χ0v) is 11.3. The van der Waals surface area contributed by atoms with Crippen LogP contribution in [0.4, 0.5) is 0 Å². The molecule has 0 saturated heterocycles. The second-order valence-corrected chi connectivity index (χ2v) is 4.84. The molecule has 0 fully saturated rings. The SMILES string of the molecule is CCCC(CN)C(=O)c1cc(C)c(C)cc1C. The summed E-state index contributed by atoms with van der Waals surface area (Å²) in [5, 5.41) is 0. The molecule has 1 rings (SSSR count).